The smallest absolute Gasteiger partial charge is 0.197 e. The summed E-state index contributed by atoms with van der Waals surface area (Å²) in [6.45, 7) is 0. The molecule has 2 nitrogen and oxygen atoms in total. The molecule has 0 saturated carbocycles. The number of hydrogen-bond donors (Lipinski definition) is 0. The van der Waals surface area contributed by atoms with Crippen LogP contribution >= 0.6 is 11.6 Å². The molecule has 0 aliphatic rings. The first-order valence-corrected chi connectivity index (χ1v) is 5.22. The maximum atomic E-state index is 9.27. The molecule has 0 fully saturated rings. The van der Waals surface area contributed by atoms with Gasteiger partial charge in [-0.1, -0.05) is 48.0 Å². The maximum absolute atomic E-state index is 9.27. The third-order valence-corrected chi connectivity index (χ3v) is 2.84. The van der Waals surface area contributed by atoms with E-state index in [2.05, 4.69) is 11.1 Å². The van der Waals surface area contributed by atoms with Gasteiger partial charge in [-0.2, -0.15) is 5.26 Å². The summed E-state index contributed by atoms with van der Waals surface area (Å²) in [5, 5.41) is 9.27. The van der Waals surface area contributed by atoms with Gasteiger partial charge in [0.25, 0.3) is 0 Å². The molecule has 0 N–H and O–H groups in total. The van der Waals surface area contributed by atoms with Gasteiger partial charge in [0.2, 0.25) is 0 Å². The number of nitriles is 1. The minimum absolute atomic E-state index is 0.547. The summed E-state index contributed by atoms with van der Waals surface area (Å²) in [5.74, 6) is 0. The average molecular weight is 229 g/mol. The molecule has 0 saturated heterocycles. The second-order valence-corrected chi connectivity index (χ2v) is 3.92. The van der Waals surface area contributed by atoms with Crippen LogP contribution in [0.1, 0.15) is 11.3 Å². The summed E-state index contributed by atoms with van der Waals surface area (Å²) in [6, 6.07) is 16.7. The maximum Gasteiger partial charge on any atom is 0.197 e. The molecule has 2 aromatic rings. The number of rotatable bonds is 2. The van der Waals surface area contributed by atoms with Gasteiger partial charge in [-0.05, 0) is 17.7 Å². The largest absolute Gasteiger partial charge is 0.258 e. The minimum atomic E-state index is -1.21. The van der Waals surface area contributed by atoms with E-state index in [1.807, 2.05) is 36.4 Å². The van der Waals surface area contributed by atoms with Crippen LogP contribution < -0.4 is 0 Å². The van der Waals surface area contributed by atoms with E-state index in [-0.39, 0.29) is 0 Å². The molecule has 2 rings (SSSR count). The van der Waals surface area contributed by atoms with Gasteiger partial charge in [-0.25, -0.2) is 0 Å². The Bertz CT molecular complexity index is 463. The molecule has 1 aromatic carbocycles. The molecular formula is C13H9ClN2. The summed E-state index contributed by atoms with van der Waals surface area (Å²) < 4.78 is 0. The number of hydrogen-bond acceptors (Lipinski definition) is 2. The number of nitrogens with zero attached hydrogens (tertiary/aromatic N) is 2. The van der Waals surface area contributed by atoms with Crippen LogP contribution in [0.15, 0.2) is 54.7 Å². The van der Waals surface area contributed by atoms with Crippen LogP contribution in [0.4, 0.5) is 0 Å². The number of alkyl halides is 1. The van der Waals surface area contributed by atoms with Crippen LogP contribution in [0.3, 0.4) is 0 Å². The molecule has 0 amide bonds. The van der Waals surface area contributed by atoms with Crippen molar-refractivity contribution >= 4 is 11.6 Å². The SMILES string of the molecule is N#CC(Cl)(c1ccccc1)c1ccccn1. The molecule has 0 aliphatic heterocycles. The first-order chi connectivity index (χ1) is 7.77. The van der Waals surface area contributed by atoms with Crippen molar-refractivity contribution in [3.8, 4) is 6.07 Å². The Morgan fingerprint density at radius 3 is 2.31 bits per heavy atom. The Balaban J connectivity index is 2.55. The Hall–Kier alpha value is -1.85. The zero-order valence-electron chi connectivity index (χ0n) is 8.47. The lowest BCUT2D eigenvalue weighted by Crippen LogP contribution is -2.19. The van der Waals surface area contributed by atoms with E-state index in [0.29, 0.717) is 5.69 Å². The average Bonchev–Trinajstić information content (AvgIpc) is 2.40. The van der Waals surface area contributed by atoms with Gasteiger partial charge < -0.3 is 0 Å². The Labute approximate surface area is 99.1 Å². The highest BCUT2D eigenvalue weighted by Crippen LogP contribution is 2.34. The normalized spacial score (nSPS) is 13.8. The Morgan fingerprint density at radius 2 is 1.75 bits per heavy atom. The number of pyridine rings is 1. The van der Waals surface area contributed by atoms with Crippen molar-refractivity contribution in [1.82, 2.24) is 4.98 Å². The molecular weight excluding hydrogens is 220 g/mol. The fraction of sp³-hybridized carbons (Fsp3) is 0.0769. The number of benzene rings is 1. The summed E-state index contributed by atoms with van der Waals surface area (Å²) in [4.78, 5) is 2.94. The molecule has 16 heavy (non-hydrogen) atoms. The molecule has 1 unspecified atom stereocenters. The topological polar surface area (TPSA) is 36.7 Å². The summed E-state index contributed by atoms with van der Waals surface area (Å²) >= 11 is 6.35. The molecule has 1 heterocycles. The molecule has 78 valence electrons. The van der Waals surface area contributed by atoms with Gasteiger partial charge in [-0.3, -0.25) is 4.98 Å². The van der Waals surface area contributed by atoms with Gasteiger partial charge >= 0.3 is 0 Å². The van der Waals surface area contributed by atoms with Crippen molar-refractivity contribution in [1.29, 1.82) is 5.26 Å². The highest BCUT2D eigenvalue weighted by molar-refractivity contribution is 6.27. The molecule has 0 radical (unpaired) electrons. The lowest BCUT2D eigenvalue weighted by atomic mass is 9.96. The minimum Gasteiger partial charge on any atom is -0.258 e. The van der Waals surface area contributed by atoms with Crippen LogP contribution in [0, 0.1) is 11.3 Å². The van der Waals surface area contributed by atoms with Gasteiger partial charge in [0.1, 0.15) is 0 Å². The fourth-order valence-corrected chi connectivity index (χ4v) is 1.74. The first-order valence-electron chi connectivity index (χ1n) is 4.84. The van der Waals surface area contributed by atoms with E-state index in [4.69, 9.17) is 11.6 Å². The Morgan fingerprint density at radius 1 is 1.06 bits per heavy atom. The van der Waals surface area contributed by atoms with Crippen molar-refractivity contribution in [3.05, 3.63) is 66.0 Å². The highest BCUT2D eigenvalue weighted by atomic mass is 35.5. The second-order valence-electron chi connectivity index (χ2n) is 3.35. The van der Waals surface area contributed by atoms with Gasteiger partial charge in [0.05, 0.1) is 11.8 Å². The van der Waals surface area contributed by atoms with Crippen molar-refractivity contribution in [3.63, 3.8) is 0 Å². The number of halogens is 1. The van der Waals surface area contributed by atoms with E-state index in [1.165, 1.54) is 0 Å². The van der Waals surface area contributed by atoms with Crippen LogP contribution in [0.25, 0.3) is 0 Å². The summed E-state index contributed by atoms with van der Waals surface area (Å²) in [6.07, 6.45) is 1.63. The lowest BCUT2D eigenvalue weighted by Gasteiger charge is -2.18. The van der Waals surface area contributed by atoms with Gasteiger partial charge in [-0.15, -0.1) is 0 Å². The van der Waals surface area contributed by atoms with Crippen molar-refractivity contribution in [2.75, 3.05) is 0 Å². The quantitative estimate of drug-likeness (QED) is 0.741. The Kier molecular flexibility index (Phi) is 2.89. The van der Waals surface area contributed by atoms with E-state index in [9.17, 15) is 5.26 Å². The lowest BCUT2D eigenvalue weighted by molar-refractivity contribution is 0.883. The van der Waals surface area contributed by atoms with Crippen molar-refractivity contribution in [2.45, 2.75) is 4.87 Å². The monoisotopic (exact) mass is 228 g/mol. The zero-order valence-corrected chi connectivity index (χ0v) is 9.22. The summed E-state index contributed by atoms with van der Waals surface area (Å²) in [5.41, 5.74) is 1.28. The summed E-state index contributed by atoms with van der Waals surface area (Å²) in [7, 11) is 0. The predicted octanol–water partition coefficient (Wildman–Crippen LogP) is 3.09. The van der Waals surface area contributed by atoms with Crippen molar-refractivity contribution in [2.24, 2.45) is 0 Å². The molecule has 1 aromatic heterocycles. The van der Waals surface area contributed by atoms with E-state index in [0.717, 1.165) is 5.56 Å². The van der Waals surface area contributed by atoms with E-state index >= 15 is 0 Å². The van der Waals surface area contributed by atoms with Crippen LogP contribution in [0.5, 0.6) is 0 Å². The molecule has 0 spiro atoms. The zero-order chi connectivity index (χ0) is 11.4. The predicted molar refractivity (Wildman–Crippen MR) is 62.9 cm³/mol. The molecule has 0 bridgehead atoms. The highest BCUT2D eigenvalue weighted by Gasteiger charge is 2.32. The standard InChI is InChI=1S/C13H9ClN2/c14-13(10-15,11-6-2-1-3-7-11)12-8-4-5-9-16-12/h1-9H. The fourth-order valence-electron chi connectivity index (χ4n) is 1.50. The molecule has 1 atom stereocenters. The van der Waals surface area contributed by atoms with Crippen LogP contribution in [-0.4, -0.2) is 4.98 Å². The van der Waals surface area contributed by atoms with Crippen molar-refractivity contribution < 1.29 is 0 Å². The van der Waals surface area contributed by atoms with E-state index in [1.54, 1.807) is 18.3 Å². The third kappa shape index (κ3) is 1.78. The molecule has 3 heteroatoms. The van der Waals surface area contributed by atoms with E-state index < -0.39 is 4.87 Å². The first kappa shape index (κ1) is 10.7. The third-order valence-electron chi connectivity index (χ3n) is 2.34. The molecule has 0 aliphatic carbocycles. The number of aromatic nitrogens is 1. The van der Waals surface area contributed by atoms with Crippen LogP contribution in [0.2, 0.25) is 0 Å². The van der Waals surface area contributed by atoms with Gasteiger partial charge in [0.15, 0.2) is 4.87 Å². The van der Waals surface area contributed by atoms with Crippen LogP contribution in [-0.2, 0) is 4.87 Å². The second kappa shape index (κ2) is 4.34. The van der Waals surface area contributed by atoms with Gasteiger partial charge in [0, 0.05) is 6.20 Å².